The molecule has 3 aromatic carbocycles. The number of benzene rings is 3. The molecule has 0 radical (unpaired) electrons. The number of hydrogen-bond acceptors (Lipinski definition) is 5. The lowest BCUT2D eigenvalue weighted by molar-refractivity contribution is 0.196. The Bertz CT molecular complexity index is 1160. The molecule has 0 saturated heterocycles. The summed E-state index contributed by atoms with van der Waals surface area (Å²) in [5.41, 5.74) is 8.61. The van der Waals surface area contributed by atoms with E-state index in [1.807, 2.05) is 55.6 Å². The molecule has 6 heteroatoms. The van der Waals surface area contributed by atoms with Crippen molar-refractivity contribution in [3.8, 4) is 0 Å². The highest BCUT2D eigenvalue weighted by molar-refractivity contribution is 7.86. The lowest BCUT2D eigenvalue weighted by Gasteiger charge is -2.25. The number of fused-ring (bicyclic) bond motifs is 4. The fraction of sp³-hybridized carbons (Fsp3) is 0.273. The predicted octanol–water partition coefficient (Wildman–Crippen LogP) is 3.25. The van der Waals surface area contributed by atoms with E-state index in [1.165, 1.54) is 0 Å². The Morgan fingerprint density at radius 1 is 1.00 bits per heavy atom. The molecule has 2 N–H and O–H groups in total. The summed E-state index contributed by atoms with van der Waals surface area (Å²) >= 11 is 0. The third-order valence-corrected chi connectivity index (χ3v) is 7.43. The smallest absolute Gasteiger partial charge is 0.297 e. The van der Waals surface area contributed by atoms with Crippen molar-refractivity contribution in [2.75, 3.05) is 11.9 Å². The molecule has 0 amide bonds. The zero-order chi connectivity index (χ0) is 19.5. The summed E-state index contributed by atoms with van der Waals surface area (Å²) in [6.07, 6.45) is 0.0449. The van der Waals surface area contributed by atoms with Crippen molar-refractivity contribution in [3.05, 3.63) is 72.3 Å². The Labute approximate surface area is 164 Å². The molecule has 4 unspecified atom stereocenters. The first kappa shape index (κ1) is 17.7. The lowest BCUT2D eigenvalue weighted by Crippen LogP contribution is -2.41. The van der Waals surface area contributed by atoms with Crippen molar-refractivity contribution in [2.24, 2.45) is 5.73 Å². The molecule has 28 heavy (non-hydrogen) atoms. The summed E-state index contributed by atoms with van der Waals surface area (Å²) in [6.45, 7) is 0. The van der Waals surface area contributed by atoms with Crippen LogP contribution in [0.15, 0.2) is 71.6 Å². The molecule has 0 aromatic heterocycles. The van der Waals surface area contributed by atoms with Gasteiger partial charge in [-0.05, 0) is 41.0 Å². The highest BCUT2D eigenvalue weighted by Crippen LogP contribution is 2.49. The number of nitrogens with two attached hydrogens (primary N) is 1. The summed E-state index contributed by atoms with van der Waals surface area (Å²) in [4.78, 5) is 2.35. The van der Waals surface area contributed by atoms with Crippen LogP contribution in [0.4, 0.5) is 5.69 Å². The quantitative estimate of drug-likeness (QED) is 0.691. The van der Waals surface area contributed by atoms with E-state index in [4.69, 9.17) is 9.92 Å². The Hall–Kier alpha value is -2.41. The molecule has 144 valence electrons. The molecule has 1 saturated carbocycles. The monoisotopic (exact) mass is 394 g/mol. The van der Waals surface area contributed by atoms with Gasteiger partial charge in [-0.1, -0.05) is 48.5 Å². The first-order valence-corrected chi connectivity index (χ1v) is 10.9. The first-order valence-electron chi connectivity index (χ1n) is 9.45. The fourth-order valence-corrected chi connectivity index (χ4v) is 5.99. The average Bonchev–Trinajstić information content (AvgIpc) is 3.17. The largest absolute Gasteiger partial charge is 0.369 e. The van der Waals surface area contributed by atoms with Crippen LogP contribution >= 0.6 is 0 Å². The van der Waals surface area contributed by atoms with Crippen molar-refractivity contribution >= 4 is 26.6 Å². The zero-order valence-corrected chi connectivity index (χ0v) is 16.3. The van der Waals surface area contributed by atoms with Crippen LogP contribution in [0.25, 0.3) is 10.8 Å². The molecule has 1 aliphatic heterocycles. The Kier molecular flexibility index (Phi) is 3.98. The van der Waals surface area contributed by atoms with E-state index >= 15 is 0 Å². The molecule has 0 bridgehead atoms. The van der Waals surface area contributed by atoms with E-state index in [2.05, 4.69) is 11.0 Å². The summed E-state index contributed by atoms with van der Waals surface area (Å²) in [6, 6.07) is 20.8. The maximum absolute atomic E-state index is 13.0. The molecule has 4 atom stereocenters. The minimum Gasteiger partial charge on any atom is -0.369 e. The maximum atomic E-state index is 13.0. The number of hydrogen-bond donors (Lipinski definition) is 1. The van der Waals surface area contributed by atoms with Gasteiger partial charge in [-0.3, -0.25) is 4.18 Å². The van der Waals surface area contributed by atoms with Gasteiger partial charge in [0.1, 0.15) is 0 Å². The van der Waals surface area contributed by atoms with E-state index in [9.17, 15) is 8.42 Å². The molecule has 1 fully saturated rings. The normalized spacial score (nSPS) is 26.4. The molecule has 5 nitrogen and oxygen atoms in total. The molecule has 5 rings (SSSR count). The van der Waals surface area contributed by atoms with Crippen LogP contribution in [0, 0.1) is 0 Å². The third kappa shape index (κ3) is 2.64. The summed E-state index contributed by atoms with van der Waals surface area (Å²) in [5, 5.41) is 1.87. The number of rotatable bonds is 3. The Morgan fingerprint density at radius 2 is 1.71 bits per heavy atom. The number of anilines is 1. The number of para-hydroxylation sites is 1. The van der Waals surface area contributed by atoms with Gasteiger partial charge < -0.3 is 10.6 Å². The topological polar surface area (TPSA) is 72.6 Å². The second-order valence-corrected chi connectivity index (χ2v) is 9.26. The van der Waals surface area contributed by atoms with Crippen LogP contribution in [0.2, 0.25) is 0 Å². The Balaban J connectivity index is 1.50. The molecule has 1 heterocycles. The van der Waals surface area contributed by atoms with Crippen molar-refractivity contribution in [3.63, 3.8) is 0 Å². The van der Waals surface area contributed by atoms with Gasteiger partial charge in [0.2, 0.25) is 0 Å². The highest BCUT2D eigenvalue weighted by Gasteiger charge is 2.51. The molecular formula is C22H22N2O3S. The van der Waals surface area contributed by atoms with Gasteiger partial charge in [-0.15, -0.1) is 0 Å². The highest BCUT2D eigenvalue weighted by atomic mass is 32.2. The van der Waals surface area contributed by atoms with Gasteiger partial charge in [0.25, 0.3) is 10.1 Å². The van der Waals surface area contributed by atoms with E-state index in [0.29, 0.717) is 6.42 Å². The van der Waals surface area contributed by atoms with E-state index < -0.39 is 16.2 Å². The van der Waals surface area contributed by atoms with E-state index in [1.54, 1.807) is 12.1 Å². The van der Waals surface area contributed by atoms with Crippen molar-refractivity contribution < 1.29 is 12.6 Å². The second-order valence-electron chi connectivity index (χ2n) is 7.68. The van der Waals surface area contributed by atoms with Crippen molar-refractivity contribution in [1.29, 1.82) is 0 Å². The average molecular weight is 394 g/mol. The zero-order valence-electron chi connectivity index (χ0n) is 15.5. The van der Waals surface area contributed by atoms with Gasteiger partial charge in [0.15, 0.2) is 0 Å². The SMILES string of the molecule is CN1c2ccccc2C2C(OS(=O)(=O)c3ccc4ccccc4c3)CC(N)C21. The van der Waals surface area contributed by atoms with Crippen LogP contribution in [-0.2, 0) is 14.3 Å². The number of likely N-dealkylation sites (N-methyl/N-ethyl adjacent to an activating group) is 1. The molecule has 1 aliphatic carbocycles. The van der Waals surface area contributed by atoms with Gasteiger partial charge in [-0.25, -0.2) is 0 Å². The second kappa shape index (κ2) is 6.30. The Morgan fingerprint density at radius 3 is 2.54 bits per heavy atom. The first-order chi connectivity index (χ1) is 13.5. The number of nitrogens with zero attached hydrogens (tertiary/aromatic N) is 1. The summed E-state index contributed by atoms with van der Waals surface area (Å²) in [5.74, 6) is -0.0496. The standard InChI is InChI=1S/C22H22N2O3S/c1-24-19-9-5-4-8-17(19)21-20(13-18(23)22(21)24)27-28(25,26)16-11-10-14-6-2-3-7-15(14)12-16/h2-12,18,20-22H,13,23H2,1H3. The van der Waals surface area contributed by atoms with Gasteiger partial charge in [0.05, 0.1) is 17.0 Å². The fourth-order valence-electron chi connectivity index (χ4n) is 4.84. The third-order valence-electron chi connectivity index (χ3n) is 6.09. The predicted molar refractivity (Wildman–Crippen MR) is 110 cm³/mol. The van der Waals surface area contributed by atoms with Crippen LogP contribution in [0.3, 0.4) is 0 Å². The maximum Gasteiger partial charge on any atom is 0.297 e. The van der Waals surface area contributed by atoms with Gasteiger partial charge in [0, 0.05) is 24.7 Å². The van der Waals surface area contributed by atoms with E-state index in [-0.39, 0.29) is 22.9 Å². The minimum atomic E-state index is -3.89. The van der Waals surface area contributed by atoms with E-state index in [0.717, 1.165) is 22.0 Å². The van der Waals surface area contributed by atoms with Crippen LogP contribution in [-0.4, -0.2) is 33.7 Å². The molecular weight excluding hydrogens is 372 g/mol. The van der Waals surface area contributed by atoms with Crippen molar-refractivity contribution in [2.45, 2.75) is 35.4 Å². The molecule has 0 spiro atoms. The summed E-state index contributed by atoms with van der Waals surface area (Å²) in [7, 11) is -1.87. The van der Waals surface area contributed by atoms with Crippen molar-refractivity contribution in [1.82, 2.24) is 0 Å². The summed E-state index contributed by atoms with van der Waals surface area (Å²) < 4.78 is 31.9. The van der Waals surface area contributed by atoms with Gasteiger partial charge in [-0.2, -0.15) is 8.42 Å². The molecule has 3 aromatic rings. The minimum absolute atomic E-state index is 0.0496. The van der Waals surface area contributed by atoms with Gasteiger partial charge >= 0.3 is 0 Å². The van der Waals surface area contributed by atoms with Crippen LogP contribution in [0.5, 0.6) is 0 Å². The van der Waals surface area contributed by atoms with Crippen LogP contribution < -0.4 is 10.6 Å². The van der Waals surface area contributed by atoms with Crippen LogP contribution in [0.1, 0.15) is 17.9 Å². The lowest BCUT2D eigenvalue weighted by atomic mass is 9.95. The molecule has 2 aliphatic rings.